The molecule has 0 saturated carbocycles. The van der Waals surface area contributed by atoms with Crippen LogP contribution < -0.4 is 4.90 Å². The average molecular weight is 692 g/mol. The van der Waals surface area contributed by atoms with E-state index in [0.717, 1.165) is 39.0 Å². The van der Waals surface area contributed by atoms with Gasteiger partial charge in [-0.1, -0.05) is 159 Å². The minimum Gasteiger partial charge on any atom is -0.456 e. The highest BCUT2D eigenvalue weighted by Gasteiger charge is 2.46. The summed E-state index contributed by atoms with van der Waals surface area (Å²) in [5, 5.41) is 2.22. The van der Waals surface area contributed by atoms with Gasteiger partial charge in [0.15, 0.2) is 0 Å². The van der Waals surface area contributed by atoms with Gasteiger partial charge in [0.25, 0.3) is 0 Å². The lowest BCUT2D eigenvalue weighted by atomic mass is 9.67. The first-order valence-electron chi connectivity index (χ1n) is 18.9. The molecule has 2 aliphatic rings. The molecule has 1 heterocycles. The highest BCUT2D eigenvalue weighted by atomic mass is 16.3. The number of benzene rings is 8. The summed E-state index contributed by atoms with van der Waals surface area (Å²) < 4.78 is 6.50. The third-order valence-corrected chi connectivity index (χ3v) is 12.1. The second-order valence-corrected chi connectivity index (χ2v) is 15.2. The van der Waals surface area contributed by atoms with Crippen molar-refractivity contribution in [1.29, 1.82) is 0 Å². The Morgan fingerprint density at radius 3 is 1.63 bits per heavy atom. The van der Waals surface area contributed by atoms with Gasteiger partial charge in [-0.3, -0.25) is 0 Å². The average Bonchev–Trinajstić information content (AvgIpc) is 3.83. The second-order valence-electron chi connectivity index (χ2n) is 15.2. The Hall–Kier alpha value is -6.64. The minimum atomic E-state index is -0.508. The van der Waals surface area contributed by atoms with Gasteiger partial charge in [-0.2, -0.15) is 0 Å². The van der Waals surface area contributed by atoms with E-state index < -0.39 is 5.41 Å². The van der Waals surface area contributed by atoms with E-state index in [0.29, 0.717) is 0 Å². The molecule has 2 heteroatoms. The Labute approximate surface area is 315 Å². The Morgan fingerprint density at radius 1 is 0.407 bits per heavy atom. The van der Waals surface area contributed by atoms with E-state index in [1.54, 1.807) is 0 Å². The van der Waals surface area contributed by atoms with Crippen LogP contribution in [0.25, 0.3) is 44.2 Å². The van der Waals surface area contributed by atoms with Gasteiger partial charge >= 0.3 is 0 Å². The molecule has 0 N–H and O–H groups in total. The van der Waals surface area contributed by atoms with E-state index in [1.165, 1.54) is 55.6 Å². The van der Waals surface area contributed by atoms with Crippen molar-refractivity contribution >= 4 is 39.0 Å². The standard InChI is InChI=1S/C52H37NO/c1-51(2)43-23-12-9-20-38(43)40-30-28-36(32-45(40)51)53(47-25-15-27-49-50(47)42-22-11-14-26-48(42)54-49)37-29-31-41-39-21-10-13-24-44(39)52(46(41)33-37,34-16-5-3-6-17-34)35-18-7-4-8-19-35/h3-33H,1-2H3. The maximum Gasteiger partial charge on any atom is 0.137 e. The fourth-order valence-corrected chi connectivity index (χ4v) is 9.77. The van der Waals surface area contributed by atoms with Crippen LogP contribution in [-0.4, -0.2) is 0 Å². The zero-order valence-corrected chi connectivity index (χ0v) is 30.3. The number of hydrogen-bond acceptors (Lipinski definition) is 2. The predicted octanol–water partition coefficient (Wildman–Crippen LogP) is 13.7. The van der Waals surface area contributed by atoms with Crippen molar-refractivity contribution in [2.24, 2.45) is 0 Å². The van der Waals surface area contributed by atoms with Crippen molar-refractivity contribution in [3.05, 3.63) is 221 Å². The van der Waals surface area contributed by atoms with Crippen LogP contribution >= 0.6 is 0 Å². The number of anilines is 3. The molecule has 0 aliphatic heterocycles. The van der Waals surface area contributed by atoms with Crippen molar-refractivity contribution in [1.82, 2.24) is 0 Å². The number of para-hydroxylation sites is 1. The zero-order valence-electron chi connectivity index (χ0n) is 30.3. The molecule has 0 atom stereocenters. The molecule has 0 bridgehead atoms. The predicted molar refractivity (Wildman–Crippen MR) is 223 cm³/mol. The molecule has 2 aliphatic carbocycles. The monoisotopic (exact) mass is 691 g/mol. The molecule has 0 radical (unpaired) electrons. The minimum absolute atomic E-state index is 0.142. The van der Waals surface area contributed by atoms with E-state index in [2.05, 4.69) is 201 Å². The molecular formula is C52H37NO. The number of fused-ring (bicyclic) bond motifs is 9. The summed E-state index contributed by atoms with van der Waals surface area (Å²) in [4.78, 5) is 2.47. The van der Waals surface area contributed by atoms with E-state index in [1.807, 2.05) is 6.07 Å². The molecule has 0 unspecified atom stereocenters. The summed E-state index contributed by atoms with van der Waals surface area (Å²) in [6, 6.07) is 69.0. The van der Waals surface area contributed by atoms with E-state index >= 15 is 0 Å². The Balaban J connectivity index is 1.22. The summed E-state index contributed by atoms with van der Waals surface area (Å²) in [6.07, 6.45) is 0. The molecule has 0 saturated heterocycles. The van der Waals surface area contributed by atoms with Crippen LogP contribution in [0.3, 0.4) is 0 Å². The third kappa shape index (κ3) is 4.17. The van der Waals surface area contributed by atoms with Gasteiger partial charge in [0.05, 0.1) is 16.5 Å². The summed E-state index contributed by atoms with van der Waals surface area (Å²) >= 11 is 0. The molecule has 11 rings (SSSR count). The first-order valence-corrected chi connectivity index (χ1v) is 18.9. The van der Waals surface area contributed by atoms with Crippen LogP contribution in [0.2, 0.25) is 0 Å². The van der Waals surface area contributed by atoms with Gasteiger partial charge < -0.3 is 9.32 Å². The highest BCUT2D eigenvalue weighted by molar-refractivity contribution is 6.13. The first kappa shape index (κ1) is 30.9. The van der Waals surface area contributed by atoms with E-state index in [4.69, 9.17) is 4.42 Å². The van der Waals surface area contributed by atoms with Crippen molar-refractivity contribution in [3.63, 3.8) is 0 Å². The van der Waals surface area contributed by atoms with Gasteiger partial charge in [0.1, 0.15) is 11.2 Å². The normalized spacial score (nSPS) is 14.4. The maximum absolute atomic E-state index is 6.50. The van der Waals surface area contributed by atoms with Crippen LogP contribution in [0.15, 0.2) is 192 Å². The lowest BCUT2D eigenvalue weighted by Gasteiger charge is -2.35. The molecule has 1 aromatic heterocycles. The summed E-state index contributed by atoms with van der Waals surface area (Å²) in [5.74, 6) is 0. The van der Waals surface area contributed by atoms with E-state index in [9.17, 15) is 0 Å². The quantitative estimate of drug-likeness (QED) is 0.179. The molecule has 0 fully saturated rings. The largest absolute Gasteiger partial charge is 0.456 e. The molecular weight excluding hydrogens is 655 g/mol. The van der Waals surface area contributed by atoms with Crippen molar-refractivity contribution in [3.8, 4) is 22.3 Å². The first-order chi connectivity index (χ1) is 26.5. The molecule has 0 spiro atoms. The smallest absolute Gasteiger partial charge is 0.137 e. The van der Waals surface area contributed by atoms with Gasteiger partial charge in [0, 0.05) is 22.2 Å². The SMILES string of the molecule is CC1(C)c2ccccc2-c2ccc(N(c3ccc4c(c3)C(c3ccccc3)(c3ccccc3)c3ccccc3-4)c3cccc4oc5ccccc5c34)cc21. The molecule has 54 heavy (non-hydrogen) atoms. The topological polar surface area (TPSA) is 16.4 Å². The summed E-state index contributed by atoms with van der Waals surface area (Å²) in [5.41, 5.74) is 17.4. The zero-order chi connectivity index (χ0) is 36.0. The lowest BCUT2D eigenvalue weighted by molar-refractivity contribution is 0.660. The number of hydrogen-bond donors (Lipinski definition) is 0. The van der Waals surface area contributed by atoms with Crippen LogP contribution in [-0.2, 0) is 10.8 Å². The van der Waals surface area contributed by atoms with Gasteiger partial charge in [-0.15, -0.1) is 0 Å². The van der Waals surface area contributed by atoms with Gasteiger partial charge in [-0.05, 0) is 98.1 Å². The Kier molecular flexibility index (Phi) is 6.55. The Morgan fingerprint density at radius 2 is 0.926 bits per heavy atom. The highest BCUT2D eigenvalue weighted by Crippen LogP contribution is 2.58. The van der Waals surface area contributed by atoms with Crippen LogP contribution in [0.5, 0.6) is 0 Å². The number of nitrogens with zero attached hydrogens (tertiary/aromatic N) is 1. The van der Waals surface area contributed by atoms with Gasteiger partial charge in [-0.25, -0.2) is 0 Å². The van der Waals surface area contributed by atoms with Crippen LogP contribution in [0, 0.1) is 0 Å². The lowest BCUT2D eigenvalue weighted by Crippen LogP contribution is -2.28. The van der Waals surface area contributed by atoms with Crippen LogP contribution in [0.4, 0.5) is 17.1 Å². The molecule has 2 nitrogen and oxygen atoms in total. The number of rotatable bonds is 5. The molecule has 0 amide bonds. The fraction of sp³-hybridized carbons (Fsp3) is 0.0769. The maximum atomic E-state index is 6.50. The molecule has 256 valence electrons. The molecule has 8 aromatic carbocycles. The fourth-order valence-electron chi connectivity index (χ4n) is 9.77. The van der Waals surface area contributed by atoms with Crippen molar-refractivity contribution < 1.29 is 4.42 Å². The van der Waals surface area contributed by atoms with E-state index in [-0.39, 0.29) is 5.41 Å². The second kappa shape index (κ2) is 11.4. The summed E-state index contributed by atoms with van der Waals surface area (Å²) in [7, 11) is 0. The van der Waals surface area contributed by atoms with Crippen molar-refractivity contribution in [2.75, 3.05) is 4.90 Å². The van der Waals surface area contributed by atoms with Gasteiger partial charge in [0.2, 0.25) is 0 Å². The molecule has 9 aromatic rings. The third-order valence-electron chi connectivity index (χ3n) is 12.1. The van der Waals surface area contributed by atoms with Crippen molar-refractivity contribution in [2.45, 2.75) is 24.7 Å². The summed E-state index contributed by atoms with van der Waals surface area (Å²) in [6.45, 7) is 4.72. The number of furan rings is 1. The Bertz CT molecular complexity index is 2880. The van der Waals surface area contributed by atoms with Crippen LogP contribution in [0.1, 0.15) is 47.2 Å².